The molecule has 0 fully saturated rings. The lowest BCUT2D eigenvalue weighted by Gasteiger charge is -2.12. The number of alkyl halides is 5. The topological polar surface area (TPSA) is 81.1 Å². The van der Waals surface area contributed by atoms with Crippen LogP contribution in [0.1, 0.15) is 5.82 Å². The molecule has 0 unspecified atom stereocenters. The number of halogens is 5. The van der Waals surface area contributed by atoms with Crippen molar-refractivity contribution in [3.8, 4) is 0 Å². The van der Waals surface area contributed by atoms with E-state index in [1.807, 2.05) is 0 Å². The third-order valence-corrected chi connectivity index (χ3v) is 5.31. The first-order valence-electron chi connectivity index (χ1n) is 7.94. The number of nitrogens with one attached hydrogen (secondary N) is 1. The number of benzene rings is 2. The molecule has 2 aromatic carbocycles. The van der Waals surface area contributed by atoms with Gasteiger partial charge in [-0.3, -0.25) is 4.79 Å². The highest BCUT2D eigenvalue weighted by Crippen LogP contribution is 2.31. The Morgan fingerprint density at radius 2 is 1.69 bits per heavy atom. The van der Waals surface area contributed by atoms with Crippen molar-refractivity contribution in [3.63, 3.8) is 0 Å². The number of imidazole rings is 1. The number of amides is 1. The second kappa shape index (κ2) is 7.43. The Labute approximate surface area is 160 Å². The van der Waals surface area contributed by atoms with E-state index in [0.717, 1.165) is 24.3 Å². The maximum absolute atomic E-state index is 13.3. The molecule has 0 saturated carbocycles. The molecular weight excluding hydrogens is 421 g/mol. The Hall–Kier alpha value is -3.02. The van der Waals surface area contributed by atoms with Crippen molar-refractivity contribution in [3.05, 3.63) is 54.4 Å². The molecule has 0 aliphatic carbocycles. The molecule has 3 rings (SSSR count). The SMILES string of the molecule is O=C(Cn1c(C(F)(F)F)nc2ccccc21)Nc1ccc(S(=O)(=O)C(F)F)cc1. The van der Waals surface area contributed by atoms with Crippen LogP contribution in [0.4, 0.5) is 27.6 Å². The molecule has 0 aliphatic rings. The van der Waals surface area contributed by atoms with Crippen LogP contribution >= 0.6 is 0 Å². The highest BCUT2D eigenvalue weighted by Gasteiger charge is 2.38. The average Bonchev–Trinajstić information content (AvgIpc) is 3.01. The minimum atomic E-state index is -4.79. The lowest BCUT2D eigenvalue weighted by atomic mass is 10.3. The summed E-state index contributed by atoms with van der Waals surface area (Å²) in [5.74, 6) is -5.69. The Balaban J connectivity index is 1.83. The van der Waals surface area contributed by atoms with Crippen LogP contribution in [0.25, 0.3) is 11.0 Å². The lowest BCUT2D eigenvalue weighted by molar-refractivity contribution is -0.147. The van der Waals surface area contributed by atoms with Crippen LogP contribution in [-0.2, 0) is 27.4 Å². The van der Waals surface area contributed by atoms with Gasteiger partial charge in [0.25, 0.3) is 0 Å². The zero-order chi connectivity index (χ0) is 21.4. The fourth-order valence-electron chi connectivity index (χ4n) is 2.63. The van der Waals surface area contributed by atoms with Gasteiger partial charge in [0.1, 0.15) is 6.54 Å². The molecular formula is C17H12F5N3O3S. The number of sulfone groups is 1. The number of anilines is 1. The maximum Gasteiger partial charge on any atom is 0.449 e. The molecule has 0 atom stereocenters. The minimum absolute atomic E-state index is 0.0289. The van der Waals surface area contributed by atoms with Gasteiger partial charge in [-0.2, -0.15) is 22.0 Å². The number of carbonyl (C=O) groups excluding carboxylic acids is 1. The molecule has 1 amide bonds. The van der Waals surface area contributed by atoms with Gasteiger partial charge in [0.05, 0.1) is 15.9 Å². The van der Waals surface area contributed by atoms with E-state index in [1.54, 1.807) is 0 Å². The predicted molar refractivity (Wildman–Crippen MR) is 93.0 cm³/mol. The quantitative estimate of drug-likeness (QED) is 0.623. The molecule has 0 radical (unpaired) electrons. The van der Waals surface area contributed by atoms with E-state index < -0.39 is 44.9 Å². The van der Waals surface area contributed by atoms with Crippen molar-refractivity contribution in [2.75, 3.05) is 5.32 Å². The van der Waals surface area contributed by atoms with Crippen LogP contribution in [0.5, 0.6) is 0 Å². The number of rotatable bonds is 5. The van der Waals surface area contributed by atoms with Crippen molar-refractivity contribution in [1.82, 2.24) is 9.55 Å². The summed E-state index contributed by atoms with van der Waals surface area (Å²) < 4.78 is 88.3. The molecule has 6 nitrogen and oxygen atoms in total. The highest BCUT2D eigenvalue weighted by molar-refractivity contribution is 7.91. The van der Waals surface area contributed by atoms with E-state index in [0.29, 0.717) is 4.57 Å². The van der Waals surface area contributed by atoms with E-state index in [9.17, 15) is 35.2 Å². The van der Waals surface area contributed by atoms with Gasteiger partial charge >= 0.3 is 11.9 Å². The van der Waals surface area contributed by atoms with Crippen molar-refractivity contribution >= 4 is 32.5 Å². The standard InChI is InChI=1S/C17H12F5N3O3S/c18-16(19)29(27,28)11-7-5-10(6-8-11)23-14(26)9-25-13-4-2-1-3-12(13)24-15(25)17(20,21)22/h1-8,16H,9H2,(H,23,26). The van der Waals surface area contributed by atoms with E-state index in [-0.39, 0.29) is 16.7 Å². The number of hydrogen-bond acceptors (Lipinski definition) is 4. The molecule has 1 aromatic heterocycles. The molecule has 0 saturated heterocycles. The first-order chi connectivity index (χ1) is 13.5. The summed E-state index contributed by atoms with van der Waals surface area (Å²) in [7, 11) is -4.79. The fraction of sp³-hybridized carbons (Fsp3) is 0.176. The number of fused-ring (bicyclic) bond motifs is 1. The third kappa shape index (κ3) is 4.21. The van der Waals surface area contributed by atoms with Crippen LogP contribution in [0, 0.1) is 0 Å². The summed E-state index contributed by atoms with van der Waals surface area (Å²) in [4.78, 5) is 15.1. The van der Waals surface area contributed by atoms with Gasteiger partial charge in [0.2, 0.25) is 21.6 Å². The zero-order valence-electron chi connectivity index (χ0n) is 14.3. The molecule has 29 heavy (non-hydrogen) atoms. The van der Waals surface area contributed by atoms with Gasteiger partial charge in [-0.1, -0.05) is 12.1 Å². The van der Waals surface area contributed by atoms with Gasteiger partial charge in [0, 0.05) is 5.69 Å². The number of carbonyl (C=O) groups is 1. The molecule has 3 aromatic rings. The van der Waals surface area contributed by atoms with E-state index in [2.05, 4.69) is 10.3 Å². The third-order valence-electron chi connectivity index (χ3n) is 3.91. The van der Waals surface area contributed by atoms with Gasteiger partial charge < -0.3 is 9.88 Å². The molecule has 1 heterocycles. The first kappa shape index (κ1) is 20.7. The molecule has 154 valence electrons. The molecule has 1 N–H and O–H groups in total. The lowest BCUT2D eigenvalue weighted by Crippen LogP contribution is -2.23. The second-order valence-electron chi connectivity index (χ2n) is 5.89. The summed E-state index contributed by atoms with van der Waals surface area (Å²) in [6.45, 7) is -0.716. The highest BCUT2D eigenvalue weighted by atomic mass is 32.2. The number of hydrogen-bond donors (Lipinski definition) is 1. The number of nitrogens with zero attached hydrogens (tertiary/aromatic N) is 2. The smallest absolute Gasteiger partial charge is 0.325 e. The number of para-hydroxylation sites is 2. The first-order valence-corrected chi connectivity index (χ1v) is 9.49. The van der Waals surface area contributed by atoms with Crippen LogP contribution in [-0.4, -0.2) is 29.6 Å². The summed E-state index contributed by atoms with van der Waals surface area (Å²) in [6, 6.07) is 9.62. The van der Waals surface area contributed by atoms with Crippen LogP contribution in [0.2, 0.25) is 0 Å². The Kier molecular flexibility index (Phi) is 5.30. The summed E-state index contributed by atoms with van der Waals surface area (Å²) >= 11 is 0. The van der Waals surface area contributed by atoms with Gasteiger partial charge in [-0.25, -0.2) is 13.4 Å². The van der Waals surface area contributed by atoms with E-state index in [1.165, 1.54) is 24.3 Å². The van der Waals surface area contributed by atoms with Crippen molar-refractivity contribution in [2.24, 2.45) is 0 Å². The normalized spacial score (nSPS) is 12.5. The minimum Gasteiger partial charge on any atom is -0.325 e. The van der Waals surface area contributed by atoms with Crippen LogP contribution < -0.4 is 5.32 Å². The van der Waals surface area contributed by atoms with E-state index in [4.69, 9.17) is 0 Å². The van der Waals surface area contributed by atoms with Crippen LogP contribution in [0.15, 0.2) is 53.4 Å². The largest absolute Gasteiger partial charge is 0.449 e. The average molecular weight is 433 g/mol. The van der Waals surface area contributed by atoms with Crippen molar-refractivity contribution in [1.29, 1.82) is 0 Å². The molecule has 0 bridgehead atoms. The van der Waals surface area contributed by atoms with Crippen LogP contribution in [0.3, 0.4) is 0 Å². The summed E-state index contributed by atoms with van der Waals surface area (Å²) in [5.41, 5.74) is 0.198. The number of aromatic nitrogens is 2. The molecule has 0 aliphatic heterocycles. The second-order valence-corrected chi connectivity index (χ2v) is 7.80. The van der Waals surface area contributed by atoms with Gasteiger partial charge in [-0.05, 0) is 36.4 Å². The Morgan fingerprint density at radius 1 is 1.07 bits per heavy atom. The zero-order valence-corrected chi connectivity index (χ0v) is 15.1. The Bertz CT molecular complexity index is 1160. The van der Waals surface area contributed by atoms with Crippen molar-refractivity contribution in [2.45, 2.75) is 23.4 Å². The van der Waals surface area contributed by atoms with Crippen molar-refractivity contribution < 1.29 is 35.2 Å². The monoisotopic (exact) mass is 433 g/mol. The molecule has 12 heteroatoms. The Morgan fingerprint density at radius 3 is 2.28 bits per heavy atom. The van der Waals surface area contributed by atoms with Gasteiger partial charge in [-0.15, -0.1) is 0 Å². The maximum atomic E-state index is 13.3. The predicted octanol–water partition coefficient (Wildman–Crippen LogP) is 3.69. The summed E-state index contributed by atoms with van der Waals surface area (Å²) in [5, 5.41) is 2.29. The van der Waals surface area contributed by atoms with Gasteiger partial charge in [0.15, 0.2) is 0 Å². The molecule has 0 spiro atoms. The fourth-order valence-corrected chi connectivity index (χ4v) is 3.35. The summed E-state index contributed by atoms with van der Waals surface area (Å²) in [6.07, 6.45) is -4.79. The van der Waals surface area contributed by atoms with E-state index >= 15 is 0 Å².